The second-order valence-electron chi connectivity index (χ2n) is 3.92. The molecule has 4 heteroatoms. The summed E-state index contributed by atoms with van der Waals surface area (Å²) >= 11 is 3.49. The Hall–Kier alpha value is -1.68. The summed E-state index contributed by atoms with van der Waals surface area (Å²) in [6.07, 6.45) is 1.75. The van der Waals surface area contributed by atoms with E-state index in [1.165, 1.54) is 5.56 Å². The van der Waals surface area contributed by atoms with Gasteiger partial charge < -0.3 is 4.98 Å². The van der Waals surface area contributed by atoms with Gasteiger partial charge >= 0.3 is 0 Å². The Kier molecular flexibility index (Phi) is 2.44. The average Bonchev–Trinajstić information content (AvgIpc) is 2.76. The van der Waals surface area contributed by atoms with Crippen LogP contribution in [0.15, 0.2) is 41.0 Å². The molecule has 0 aliphatic heterocycles. The Bertz CT molecular complexity index is 655. The fourth-order valence-corrected chi connectivity index (χ4v) is 2.02. The lowest BCUT2D eigenvalue weighted by molar-refractivity contribution is 1.29. The molecule has 0 spiro atoms. The van der Waals surface area contributed by atoms with Crippen molar-refractivity contribution >= 4 is 27.1 Å². The minimum absolute atomic E-state index is 0.753. The van der Waals surface area contributed by atoms with Crippen LogP contribution in [-0.2, 0) is 0 Å². The summed E-state index contributed by atoms with van der Waals surface area (Å²) < 4.78 is 1.11. The fourth-order valence-electron chi connectivity index (χ4n) is 1.77. The maximum Gasteiger partial charge on any atom is 0.178 e. The first-order chi connectivity index (χ1) is 8.24. The first-order valence-corrected chi connectivity index (χ1v) is 6.10. The van der Waals surface area contributed by atoms with Gasteiger partial charge in [-0.1, -0.05) is 22.0 Å². The second-order valence-corrected chi connectivity index (χ2v) is 4.78. The van der Waals surface area contributed by atoms with E-state index in [0.29, 0.717) is 0 Å². The summed E-state index contributed by atoms with van der Waals surface area (Å²) in [6, 6.07) is 10.0. The van der Waals surface area contributed by atoms with E-state index < -0.39 is 0 Å². The molecule has 0 saturated heterocycles. The van der Waals surface area contributed by atoms with Gasteiger partial charge in [0.1, 0.15) is 5.82 Å². The molecule has 1 N–H and O–H groups in total. The largest absolute Gasteiger partial charge is 0.337 e. The zero-order valence-electron chi connectivity index (χ0n) is 9.24. The molecular formula is C13H10BrN3. The van der Waals surface area contributed by atoms with E-state index in [1.807, 2.05) is 24.3 Å². The standard InChI is InChI=1S/C13H10BrN3/c1-8-7-9(4-5-10(8)14)12-16-11-3-2-6-15-13(11)17-12/h2-7H,1H3,(H,15,16,17). The van der Waals surface area contributed by atoms with Gasteiger partial charge in [-0.15, -0.1) is 0 Å². The molecular weight excluding hydrogens is 278 g/mol. The van der Waals surface area contributed by atoms with Crippen molar-refractivity contribution < 1.29 is 0 Å². The third-order valence-electron chi connectivity index (χ3n) is 2.69. The SMILES string of the molecule is Cc1cc(-c2nc3ncccc3[nH]2)ccc1Br. The zero-order chi connectivity index (χ0) is 11.8. The maximum absolute atomic E-state index is 4.47. The van der Waals surface area contributed by atoms with Crippen molar-refractivity contribution in [2.45, 2.75) is 6.92 Å². The number of rotatable bonds is 1. The number of hydrogen-bond donors (Lipinski definition) is 1. The summed E-state index contributed by atoms with van der Waals surface area (Å²) in [5.74, 6) is 0.856. The number of pyridine rings is 1. The lowest BCUT2D eigenvalue weighted by atomic mass is 10.1. The Labute approximate surface area is 107 Å². The van der Waals surface area contributed by atoms with E-state index in [1.54, 1.807) is 6.20 Å². The van der Waals surface area contributed by atoms with Gasteiger partial charge in [0.15, 0.2) is 5.65 Å². The number of benzene rings is 1. The molecule has 0 amide bonds. The molecule has 3 aromatic rings. The van der Waals surface area contributed by atoms with Crippen LogP contribution in [0.1, 0.15) is 5.56 Å². The first-order valence-electron chi connectivity index (χ1n) is 5.31. The highest BCUT2D eigenvalue weighted by atomic mass is 79.9. The third kappa shape index (κ3) is 1.85. The number of aryl methyl sites for hydroxylation is 1. The van der Waals surface area contributed by atoms with Crippen molar-refractivity contribution in [2.24, 2.45) is 0 Å². The van der Waals surface area contributed by atoms with Crippen LogP contribution in [0.2, 0.25) is 0 Å². The maximum atomic E-state index is 4.47. The van der Waals surface area contributed by atoms with Crippen LogP contribution >= 0.6 is 15.9 Å². The molecule has 2 aromatic heterocycles. The first kappa shape index (κ1) is 10.5. The lowest BCUT2D eigenvalue weighted by Gasteiger charge is -2.00. The normalized spacial score (nSPS) is 10.9. The van der Waals surface area contributed by atoms with E-state index in [2.05, 4.69) is 43.9 Å². The van der Waals surface area contributed by atoms with Crippen molar-refractivity contribution in [1.82, 2.24) is 15.0 Å². The Morgan fingerprint density at radius 1 is 1.24 bits per heavy atom. The molecule has 84 valence electrons. The third-order valence-corrected chi connectivity index (χ3v) is 3.58. The predicted octanol–water partition coefficient (Wildman–Crippen LogP) is 3.70. The van der Waals surface area contributed by atoms with Crippen LogP contribution in [0, 0.1) is 6.92 Å². The number of nitrogens with one attached hydrogen (secondary N) is 1. The Morgan fingerprint density at radius 2 is 2.12 bits per heavy atom. The monoisotopic (exact) mass is 287 g/mol. The van der Waals surface area contributed by atoms with E-state index in [4.69, 9.17) is 0 Å². The molecule has 3 rings (SSSR count). The highest BCUT2D eigenvalue weighted by molar-refractivity contribution is 9.10. The molecule has 17 heavy (non-hydrogen) atoms. The van der Waals surface area contributed by atoms with Crippen LogP contribution in [0.25, 0.3) is 22.6 Å². The molecule has 0 radical (unpaired) electrons. The number of nitrogens with zero attached hydrogens (tertiary/aromatic N) is 2. The van der Waals surface area contributed by atoms with Gasteiger partial charge in [0.2, 0.25) is 0 Å². The highest BCUT2D eigenvalue weighted by Crippen LogP contribution is 2.24. The number of aromatic nitrogens is 3. The van der Waals surface area contributed by atoms with Crippen molar-refractivity contribution in [3.8, 4) is 11.4 Å². The van der Waals surface area contributed by atoms with E-state index in [-0.39, 0.29) is 0 Å². The number of H-pyrrole nitrogens is 1. The molecule has 0 fully saturated rings. The Morgan fingerprint density at radius 3 is 2.88 bits per heavy atom. The van der Waals surface area contributed by atoms with Crippen LogP contribution in [0.4, 0.5) is 0 Å². The number of imidazole rings is 1. The van der Waals surface area contributed by atoms with Crippen LogP contribution in [-0.4, -0.2) is 15.0 Å². The van der Waals surface area contributed by atoms with Crippen LogP contribution in [0.5, 0.6) is 0 Å². The Balaban J connectivity index is 2.17. The summed E-state index contributed by atoms with van der Waals surface area (Å²) in [7, 11) is 0. The topological polar surface area (TPSA) is 41.6 Å². The van der Waals surface area contributed by atoms with Crippen molar-refractivity contribution in [2.75, 3.05) is 0 Å². The van der Waals surface area contributed by atoms with Crippen LogP contribution < -0.4 is 0 Å². The minimum atomic E-state index is 0.753. The molecule has 0 aliphatic rings. The number of hydrogen-bond acceptors (Lipinski definition) is 2. The van der Waals surface area contributed by atoms with E-state index >= 15 is 0 Å². The van der Waals surface area contributed by atoms with Crippen molar-refractivity contribution in [3.05, 3.63) is 46.6 Å². The molecule has 1 aromatic carbocycles. The van der Waals surface area contributed by atoms with Crippen molar-refractivity contribution in [1.29, 1.82) is 0 Å². The quantitative estimate of drug-likeness (QED) is 0.742. The number of aromatic amines is 1. The molecule has 0 aliphatic carbocycles. The smallest absolute Gasteiger partial charge is 0.178 e. The van der Waals surface area contributed by atoms with Crippen molar-refractivity contribution in [3.63, 3.8) is 0 Å². The molecule has 3 nitrogen and oxygen atoms in total. The summed E-state index contributed by atoms with van der Waals surface area (Å²) in [6.45, 7) is 2.06. The van der Waals surface area contributed by atoms with Gasteiger partial charge in [0, 0.05) is 16.2 Å². The molecule has 0 unspecified atom stereocenters. The van der Waals surface area contributed by atoms with Crippen LogP contribution in [0.3, 0.4) is 0 Å². The lowest BCUT2D eigenvalue weighted by Crippen LogP contribution is -1.83. The average molecular weight is 288 g/mol. The summed E-state index contributed by atoms with van der Waals surface area (Å²) in [5, 5.41) is 0. The number of halogens is 1. The van der Waals surface area contributed by atoms with Gasteiger partial charge in [-0.3, -0.25) is 0 Å². The number of fused-ring (bicyclic) bond motifs is 1. The molecule has 0 saturated carbocycles. The van der Waals surface area contributed by atoms with E-state index in [9.17, 15) is 0 Å². The van der Waals surface area contributed by atoms with Gasteiger partial charge in [0.25, 0.3) is 0 Å². The minimum Gasteiger partial charge on any atom is -0.337 e. The molecule has 0 atom stereocenters. The van der Waals surface area contributed by atoms with E-state index in [0.717, 1.165) is 27.0 Å². The second kappa shape index (κ2) is 3.96. The van der Waals surface area contributed by atoms with Gasteiger partial charge in [-0.2, -0.15) is 0 Å². The molecule has 2 heterocycles. The molecule has 0 bridgehead atoms. The fraction of sp³-hybridized carbons (Fsp3) is 0.0769. The summed E-state index contributed by atoms with van der Waals surface area (Å²) in [4.78, 5) is 12.0. The predicted molar refractivity (Wildman–Crippen MR) is 71.8 cm³/mol. The van der Waals surface area contributed by atoms with Gasteiger partial charge in [-0.25, -0.2) is 9.97 Å². The van der Waals surface area contributed by atoms with Gasteiger partial charge in [-0.05, 0) is 36.8 Å². The highest BCUT2D eigenvalue weighted by Gasteiger charge is 2.06. The summed E-state index contributed by atoms with van der Waals surface area (Å²) in [5.41, 5.74) is 3.98. The van der Waals surface area contributed by atoms with Gasteiger partial charge in [0.05, 0.1) is 5.52 Å². The zero-order valence-corrected chi connectivity index (χ0v) is 10.8.